The van der Waals surface area contributed by atoms with Gasteiger partial charge in [0, 0.05) is 19.3 Å². The molecule has 0 aliphatic carbocycles. The minimum atomic E-state index is -0.448. The molecule has 0 bridgehead atoms. The summed E-state index contributed by atoms with van der Waals surface area (Å²) in [5, 5.41) is 9.55. The third kappa shape index (κ3) is 5.91. The SMILES string of the molecule is CC(C)CCN(CCC(C)C)c1ccc(C(C)O)cn1. The van der Waals surface area contributed by atoms with Gasteiger partial charge in [0.15, 0.2) is 0 Å². The Balaban J connectivity index is 2.74. The summed E-state index contributed by atoms with van der Waals surface area (Å²) in [7, 11) is 0. The number of hydrogen-bond acceptors (Lipinski definition) is 3. The second-order valence-corrected chi connectivity index (χ2v) is 6.48. The van der Waals surface area contributed by atoms with Gasteiger partial charge in [0.25, 0.3) is 0 Å². The molecule has 1 heterocycles. The fraction of sp³-hybridized carbons (Fsp3) is 0.706. The molecule has 1 rings (SSSR count). The van der Waals surface area contributed by atoms with Gasteiger partial charge in [-0.1, -0.05) is 33.8 Å². The number of anilines is 1. The Labute approximate surface area is 124 Å². The van der Waals surface area contributed by atoms with Gasteiger partial charge in [-0.15, -0.1) is 0 Å². The molecular formula is C17H30N2O. The first-order valence-corrected chi connectivity index (χ1v) is 7.79. The van der Waals surface area contributed by atoms with Crippen molar-refractivity contribution in [3.63, 3.8) is 0 Å². The van der Waals surface area contributed by atoms with Crippen LogP contribution in [0.1, 0.15) is 59.1 Å². The van der Waals surface area contributed by atoms with Gasteiger partial charge in [-0.3, -0.25) is 0 Å². The maximum atomic E-state index is 9.55. The molecule has 0 spiro atoms. The van der Waals surface area contributed by atoms with Crippen LogP contribution >= 0.6 is 0 Å². The first-order valence-electron chi connectivity index (χ1n) is 7.79. The van der Waals surface area contributed by atoms with Crippen LogP contribution in [-0.2, 0) is 0 Å². The van der Waals surface area contributed by atoms with Crippen molar-refractivity contribution in [3.8, 4) is 0 Å². The lowest BCUT2D eigenvalue weighted by molar-refractivity contribution is 0.199. The van der Waals surface area contributed by atoms with Gasteiger partial charge >= 0.3 is 0 Å². The van der Waals surface area contributed by atoms with Crippen molar-refractivity contribution in [3.05, 3.63) is 23.9 Å². The first-order chi connectivity index (χ1) is 9.40. The summed E-state index contributed by atoms with van der Waals surface area (Å²) in [4.78, 5) is 6.89. The van der Waals surface area contributed by atoms with Crippen LogP contribution in [0.4, 0.5) is 5.82 Å². The van der Waals surface area contributed by atoms with E-state index in [2.05, 4.69) is 37.6 Å². The van der Waals surface area contributed by atoms with Crippen molar-refractivity contribution in [2.24, 2.45) is 11.8 Å². The van der Waals surface area contributed by atoms with Crippen LogP contribution in [0.5, 0.6) is 0 Å². The van der Waals surface area contributed by atoms with E-state index < -0.39 is 6.10 Å². The maximum absolute atomic E-state index is 9.55. The van der Waals surface area contributed by atoms with Gasteiger partial charge in [-0.25, -0.2) is 4.98 Å². The molecule has 0 aliphatic rings. The predicted molar refractivity (Wildman–Crippen MR) is 86.0 cm³/mol. The van der Waals surface area contributed by atoms with Crippen molar-refractivity contribution in [2.45, 2.75) is 53.6 Å². The average molecular weight is 278 g/mol. The number of pyridine rings is 1. The van der Waals surface area contributed by atoms with Gasteiger partial charge in [-0.2, -0.15) is 0 Å². The highest BCUT2D eigenvalue weighted by atomic mass is 16.3. The van der Waals surface area contributed by atoms with E-state index in [0.29, 0.717) is 11.8 Å². The molecule has 0 aliphatic heterocycles. The summed E-state index contributed by atoms with van der Waals surface area (Å²) in [6, 6.07) is 4.01. The van der Waals surface area contributed by atoms with Gasteiger partial charge in [-0.05, 0) is 43.2 Å². The lowest BCUT2D eigenvalue weighted by Gasteiger charge is -2.25. The summed E-state index contributed by atoms with van der Waals surface area (Å²) in [6.07, 6.45) is 3.70. The number of aliphatic hydroxyl groups excluding tert-OH is 1. The molecule has 0 radical (unpaired) electrons. The van der Waals surface area contributed by atoms with Gasteiger partial charge in [0.05, 0.1) is 6.10 Å². The number of hydrogen-bond donors (Lipinski definition) is 1. The van der Waals surface area contributed by atoms with Crippen LogP contribution in [0.15, 0.2) is 18.3 Å². The molecule has 1 aromatic heterocycles. The van der Waals surface area contributed by atoms with Crippen LogP contribution in [0.3, 0.4) is 0 Å². The molecule has 1 atom stereocenters. The fourth-order valence-corrected chi connectivity index (χ4v) is 2.00. The Morgan fingerprint density at radius 1 is 1.00 bits per heavy atom. The Morgan fingerprint density at radius 3 is 1.90 bits per heavy atom. The highest BCUT2D eigenvalue weighted by Crippen LogP contribution is 2.18. The molecule has 0 saturated heterocycles. The van der Waals surface area contributed by atoms with Gasteiger partial charge in [0.1, 0.15) is 5.82 Å². The Bertz CT molecular complexity index is 359. The van der Waals surface area contributed by atoms with E-state index in [1.54, 1.807) is 13.1 Å². The molecular weight excluding hydrogens is 248 g/mol. The van der Waals surface area contributed by atoms with Crippen LogP contribution in [0, 0.1) is 11.8 Å². The Hall–Kier alpha value is -1.09. The minimum Gasteiger partial charge on any atom is -0.389 e. The number of aromatic nitrogens is 1. The maximum Gasteiger partial charge on any atom is 0.128 e. The van der Waals surface area contributed by atoms with Crippen LogP contribution < -0.4 is 4.90 Å². The lowest BCUT2D eigenvalue weighted by atomic mass is 10.1. The van der Waals surface area contributed by atoms with E-state index in [-0.39, 0.29) is 0 Å². The van der Waals surface area contributed by atoms with Crippen LogP contribution in [0.25, 0.3) is 0 Å². The standard InChI is InChI=1S/C17H30N2O/c1-13(2)8-10-19(11-9-14(3)4)17-7-6-16(12-18-17)15(5)20/h6-7,12-15,20H,8-11H2,1-5H3. The molecule has 114 valence electrons. The number of rotatable bonds is 8. The lowest BCUT2D eigenvalue weighted by Crippen LogP contribution is -2.28. The van der Waals surface area contributed by atoms with E-state index in [4.69, 9.17) is 0 Å². The average Bonchev–Trinajstić information content (AvgIpc) is 2.38. The molecule has 0 amide bonds. The topological polar surface area (TPSA) is 36.4 Å². The molecule has 0 fully saturated rings. The second kappa shape index (κ2) is 8.25. The summed E-state index contributed by atoms with van der Waals surface area (Å²) in [6.45, 7) is 12.9. The molecule has 1 aromatic rings. The number of nitrogens with zero attached hydrogens (tertiary/aromatic N) is 2. The largest absolute Gasteiger partial charge is 0.389 e. The van der Waals surface area contributed by atoms with E-state index >= 15 is 0 Å². The summed E-state index contributed by atoms with van der Waals surface area (Å²) < 4.78 is 0. The van der Waals surface area contributed by atoms with Gasteiger partial charge in [0.2, 0.25) is 0 Å². The highest BCUT2D eigenvalue weighted by molar-refractivity contribution is 5.39. The van der Waals surface area contributed by atoms with Crippen LogP contribution in [-0.4, -0.2) is 23.2 Å². The van der Waals surface area contributed by atoms with E-state index in [1.165, 1.54) is 12.8 Å². The second-order valence-electron chi connectivity index (χ2n) is 6.48. The van der Waals surface area contributed by atoms with Crippen molar-refractivity contribution in [1.29, 1.82) is 0 Å². The van der Waals surface area contributed by atoms with Crippen molar-refractivity contribution >= 4 is 5.82 Å². The third-order valence-corrected chi connectivity index (χ3v) is 3.53. The van der Waals surface area contributed by atoms with E-state index in [0.717, 1.165) is 24.5 Å². The van der Waals surface area contributed by atoms with Crippen molar-refractivity contribution in [1.82, 2.24) is 4.98 Å². The third-order valence-electron chi connectivity index (χ3n) is 3.53. The quantitative estimate of drug-likeness (QED) is 0.780. The summed E-state index contributed by atoms with van der Waals surface area (Å²) >= 11 is 0. The Kier molecular flexibility index (Phi) is 7.00. The highest BCUT2D eigenvalue weighted by Gasteiger charge is 2.10. The van der Waals surface area contributed by atoms with E-state index in [9.17, 15) is 5.11 Å². The van der Waals surface area contributed by atoms with Gasteiger partial charge < -0.3 is 10.0 Å². The number of aliphatic hydroxyl groups is 1. The van der Waals surface area contributed by atoms with Crippen LogP contribution in [0.2, 0.25) is 0 Å². The van der Waals surface area contributed by atoms with Crippen molar-refractivity contribution in [2.75, 3.05) is 18.0 Å². The molecule has 20 heavy (non-hydrogen) atoms. The molecule has 1 unspecified atom stereocenters. The molecule has 3 heteroatoms. The fourth-order valence-electron chi connectivity index (χ4n) is 2.00. The predicted octanol–water partition coefficient (Wildman–Crippen LogP) is 4.03. The minimum absolute atomic E-state index is 0.448. The molecule has 0 aromatic carbocycles. The smallest absolute Gasteiger partial charge is 0.128 e. The first kappa shape index (κ1) is 17.0. The zero-order valence-corrected chi connectivity index (χ0v) is 13.6. The molecule has 0 saturated carbocycles. The summed E-state index contributed by atoms with van der Waals surface area (Å²) in [5.74, 6) is 2.43. The zero-order chi connectivity index (χ0) is 15.1. The molecule has 3 nitrogen and oxygen atoms in total. The monoisotopic (exact) mass is 278 g/mol. The normalized spacial score (nSPS) is 13.0. The van der Waals surface area contributed by atoms with Crippen molar-refractivity contribution < 1.29 is 5.11 Å². The molecule has 1 N–H and O–H groups in total. The Morgan fingerprint density at radius 2 is 1.55 bits per heavy atom. The summed E-state index contributed by atoms with van der Waals surface area (Å²) in [5.41, 5.74) is 0.876. The van der Waals surface area contributed by atoms with E-state index in [1.807, 2.05) is 12.1 Å². The zero-order valence-electron chi connectivity index (χ0n) is 13.6.